The minimum atomic E-state index is 0.338. The predicted molar refractivity (Wildman–Crippen MR) is 78.7 cm³/mol. The molecule has 0 aromatic carbocycles. The summed E-state index contributed by atoms with van der Waals surface area (Å²) in [6.45, 7) is 4.64. The van der Waals surface area contributed by atoms with E-state index in [0.717, 1.165) is 0 Å². The van der Waals surface area contributed by atoms with Crippen molar-refractivity contribution in [2.75, 3.05) is 0 Å². The standard InChI is InChI=1S/C16H32N2/c1-3-5-9-15(4-2)12-14(17)13-16(18-15)10-7-6-8-11-16/h14,18H,3-13,17H2,1-2H3. The summed E-state index contributed by atoms with van der Waals surface area (Å²) in [5, 5.41) is 4.12. The highest BCUT2D eigenvalue weighted by atomic mass is 15.1. The molecule has 18 heavy (non-hydrogen) atoms. The Bertz CT molecular complexity index is 258. The Hall–Kier alpha value is -0.0800. The normalized spacial score (nSPS) is 35.8. The smallest absolute Gasteiger partial charge is 0.0201 e. The van der Waals surface area contributed by atoms with E-state index in [1.807, 2.05) is 0 Å². The molecule has 0 aromatic rings. The first kappa shape index (κ1) is 14.3. The van der Waals surface area contributed by atoms with Gasteiger partial charge in [-0.1, -0.05) is 46.0 Å². The number of piperidine rings is 1. The van der Waals surface area contributed by atoms with E-state index in [4.69, 9.17) is 5.73 Å². The van der Waals surface area contributed by atoms with Crippen LogP contribution in [0.25, 0.3) is 0 Å². The number of rotatable bonds is 4. The molecule has 1 aliphatic heterocycles. The molecular weight excluding hydrogens is 220 g/mol. The van der Waals surface area contributed by atoms with Gasteiger partial charge in [0, 0.05) is 17.1 Å². The molecule has 2 fully saturated rings. The first-order valence-corrected chi connectivity index (χ1v) is 8.19. The Balaban J connectivity index is 2.10. The maximum atomic E-state index is 6.42. The number of hydrogen-bond acceptors (Lipinski definition) is 2. The number of hydrogen-bond donors (Lipinski definition) is 2. The van der Waals surface area contributed by atoms with E-state index in [1.54, 1.807) is 0 Å². The van der Waals surface area contributed by atoms with Crippen molar-refractivity contribution in [1.29, 1.82) is 0 Å². The lowest BCUT2D eigenvalue weighted by Crippen LogP contribution is -2.66. The van der Waals surface area contributed by atoms with Crippen LogP contribution < -0.4 is 11.1 Å². The van der Waals surface area contributed by atoms with Gasteiger partial charge in [-0.15, -0.1) is 0 Å². The summed E-state index contributed by atoms with van der Waals surface area (Å²) in [4.78, 5) is 0. The Kier molecular flexibility index (Phi) is 4.71. The van der Waals surface area contributed by atoms with Crippen molar-refractivity contribution in [3.8, 4) is 0 Å². The average molecular weight is 252 g/mol. The van der Waals surface area contributed by atoms with Crippen molar-refractivity contribution in [2.45, 2.75) is 102 Å². The second-order valence-corrected chi connectivity index (χ2v) is 6.87. The molecule has 0 amide bonds. The minimum absolute atomic E-state index is 0.338. The number of nitrogens with two attached hydrogens (primary N) is 1. The molecule has 1 aliphatic carbocycles. The van der Waals surface area contributed by atoms with Crippen LogP contribution in [-0.2, 0) is 0 Å². The average Bonchev–Trinajstić information content (AvgIpc) is 2.36. The van der Waals surface area contributed by atoms with Crippen molar-refractivity contribution in [2.24, 2.45) is 5.73 Å². The summed E-state index contributed by atoms with van der Waals surface area (Å²) in [7, 11) is 0. The molecule has 0 bridgehead atoms. The van der Waals surface area contributed by atoms with Gasteiger partial charge in [0.1, 0.15) is 0 Å². The molecule has 2 atom stereocenters. The first-order chi connectivity index (χ1) is 8.64. The van der Waals surface area contributed by atoms with Crippen LogP contribution >= 0.6 is 0 Å². The molecule has 1 saturated heterocycles. The van der Waals surface area contributed by atoms with E-state index in [2.05, 4.69) is 19.2 Å². The van der Waals surface area contributed by atoms with Crippen LogP contribution in [0.15, 0.2) is 0 Å². The zero-order chi connectivity index (χ0) is 13.1. The van der Waals surface area contributed by atoms with Gasteiger partial charge in [0.05, 0.1) is 0 Å². The van der Waals surface area contributed by atoms with Crippen molar-refractivity contribution >= 4 is 0 Å². The SMILES string of the molecule is CCCCC1(CC)CC(N)CC2(CCCCC2)N1. The van der Waals surface area contributed by atoms with Crippen LogP contribution in [0.3, 0.4) is 0 Å². The summed E-state index contributed by atoms with van der Waals surface area (Å²) < 4.78 is 0. The molecule has 2 unspecified atom stereocenters. The summed E-state index contributed by atoms with van der Waals surface area (Å²) in [5.74, 6) is 0. The monoisotopic (exact) mass is 252 g/mol. The van der Waals surface area contributed by atoms with Gasteiger partial charge < -0.3 is 11.1 Å². The van der Waals surface area contributed by atoms with Crippen LogP contribution in [-0.4, -0.2) is 17.1 Å². The van der Waals surface area contributed by atoms with Crippen LogP contribution in [0.1, 0.15) is 84.5 Å². The molecule has 106 valence electrons. The summed E-state index contributed by atoms with van der Waals surface area (Å²) in [5.41, 5.74) is 7.15. The van der Waals surface area contributed by atoms with Crippen LogP contribution in [0, 0.1) is 0 Å². The second-order valence-electron chi connectivity index (χ2n) is 6.87. The topological polar surface area (TPSA) is 38.0 Å². The zero-order valence-electron chi connectivity index (χ0n) is 12.4. The van der Waals surface area contributed by atoms with E-state index in [9.17, 15) is 0 Å². The Morgan fingerprint density at radius 3 is 2.44 bits per heavy atom. The van der Waals surface area contributed by atoms with Gasteiger partial charge >= 0.3 is 0 Å². The largest absolute Gasteiger partial charge is 0.328 e. The Labute approximate surface area is 113 Å². The van der Waals surface area contributed by atoms with Crippen LogP contribution in [0.4, 0.5) is 0 Å². The van der Waals surface area contributed by atoms with Gasteiger partial charge in [-0.25, -0.2) is 0 Å². The summed E-state index contributed by atoms with van der Waals surface area (Å²) in [6, 6.07) is 0.418. The highest BCUT2D eigenvalue weighted by Gasteiger charge is 2.45. The molecule has 2 heteroatoms. The highest BCUT2D eigenvalue weighted by Crippen LogP contribution is 2.41. The van der Waals surface area contributed by atoms with Crippen molar-refractivity contribution in [3.05, 3.63) is 0 Å². The van der Waals surface area contributed by atoms with Crippen LogP contribution in [0.5, 0.6) is 0 Å². The summed E-state index contributed by atoms with van der Waals surface area (Å²) >= 11 is 0. The van der Waals surface area contributed by atoms with E-state index >= 15 is 0 Å². The van der Waals surface area contributed by atoms with Gasteiger partial charge in [0.15, 0.2) is 0 Å². The molecule has 0 radical (unpaired) electrons. The van der Waals surface area contributed by atoms with Crippen LogP contribution in [0.2, 0.25) is 0 Å². The highest BCUT2D eigenvalue weighted by molar-refractivity contribution is 5.06. The molecule has 2 rings (SSSR count). The lowest BCUT2D eigenvalue weighted by atomic mass is 9.68. The fourth-order valence-corrected chi connectivity index (χ4v) is 4.39. The molecule has 1 saturated carbocycles. The lowest BCUT2D eigenvalue weighted by molar-refractivity contribution is 0.0694. The van der Waals surface area contributed by atoms with E-state index in [-0.39, 0.29) is 0 Å². The van der Waals surface area contributed by atoms with Crippen molar-refractivity contribution in [1.82, 2.24) is 5.32 Å². The lowest BCUT2D eigenvalue weighted by Gasteiger charge is -2.53. The zero-order valence-corrected chi connectivity index (χ0v) is 12.4. The second kappa shape index (κ2) is 5.92. The summed E-state index contributed by atoms with van der Waals surface area (Å²) in [6.07, 6.45) is 14.5. The van der Waals surface area contributed by atoms with E-state index < -0.39 is 0 Å². The minimum Gasteiger partial charge on any atom is -0.328 e. The number of unbranched alkanes of at least 4 members (excludes halogenated alkanes) is 1. The van der Waals surface area contributed by atoms with Gasteiger partial charge in [-0.2, -0.15) is 0 Å². The maximum absolute atomic E-state index is 6.42. The fourth-order valence-electron chi connectivity index (χ4n) is 4.39. The van der Waals surface area contributed by atoms with Gasteiger partial charge in [0.2, 0.25) is 0 Å². The van der Waals surface area contributed by atoms with Gasteiger partial charge in [-0.05, 0) is 38.5 Å². The molecule has 2 nitrogen and oxygen atoms in total. The van der Waals surface area contributed by atoms with E-state index in [0.29, 0.717) is 17.1 Å². The molecule has 3 N–H and O–H groups in total. The Morgan fingerprint density at radius 1 is 1.11 bits per heavy atom. The first-order valence-electron chi connectivity index (χ1n) is 8.19. The Morgan fingerprint density at radius 2 is 1.83 bits per heavy atom. The van der Waals surface area contributed by atoms with Gasteiger partial charge in [-0.3, -0.25) is 0 Å². The molecule has 2 aliphatic rings. The third-order valence-corrected chi connectivity index (χ3v) is 5.33. The third-order valence-electron chi connectivity index (χ3n) is 5.33. The molecule has 1 spiro atoms. The molecular formula is C16H32N2. The van der Waals surface area contributed by atoms with E-state index in [1.165, 1.54) is 70.6 Å². The predicted octanol–water partition coefficient (Wildman–Crippen LogP) is 3.74. The van der Waals surface area contributed by atoms with Crippen molar-refractivity contribution < 1.29 is 0 Å². The number of nitrogens with one attached hydrogen (secondary N) is 1. The fraction of sp³-hybridized carbons (Fsp3) is 1.00. The van der Waals surface area contributed by atoms with Gasteiger partial charge in [0.25, 0.3) is 0 Å². The third kappa shape index (κ3) is 3.08. The molecule has 1 heterocycles. The van der Waals surface area contributed by atoms with Crippen molar-refractivity contribution in [3.63, 3.8) is 0 Å². The quantitative estimate of drug-likeness (QED) is 0.800. The maximum Gasteiger partial charge on any atom is 0.0201 e. The molecule has 0 aromatic heterocycles.